The third kappa shape index (κ3) is 2.66. The number of hydrogen-bond acceptors (Lipinski definition) is 2. The lowest BCUT2D eigenvalue weighted by Crippen LogP contribution is -2.06. The first-order valence-electron chi connectivity index (χ1n) is 4.54. The van der Waals surface area contributed by atoms with Crippen LogP contribution in [0, 0.1) is 11.3 Å². The van der Waals surface area contributed by atoms with Crippen molar-refractivity contribution in [2.75, 3.05) is 0 Å². The molecule has 80 valence electrons. The average Bonchev–Trinajstić information content (AvgIpc) is 2.15. The number of benzene rings is 1. The molecule has 0 aromatic heterocycles. The van der Waals surface area contributed by atoms with Crippen LogP contribution in [-0.2, 0) is 0 Å². The number of nitrogens with zero attached hydrogens (tertiary/aromatic N) is 1. The van der Waals surface area contributed by atoms with Gasteiger partial charge in [-0.3, -0.25) is 0 Å². The lowest BCUT2D eigenvalue weighted by atomic mass is 9.97. The zero-order chi connectivity index (χ0) is 11.4. The van der Waals surface area contributed by atoms with E-state index in [9.17, 15) is 8.78 Å². The Labute approximate surface area is 87.1 Å². The van der Waals surface area contributed by atoms with Crippen molar-refractivity contribution >= 4 is 0 Å². The van der Waals surface area contributed by atoms with Gasteiger partial charge in [0.2, 0.25) is 0 Å². The van der Waals surface area contributed by atoms with Crippen molar-refractivity contribution in [3.8, 4) is 11.8 Å². The van der Waals surface area contributed by atoms with Crippen LogP contribution in [0.4, 0.5) is 8.78 Å². The van der Waals surface area contributed by atoms with Gasteiger partial charge in [0, 0.05) is 5.56 Å². The first kappa shape index (κ1) is 11.4. The fourth-order valence-electron chi connectivity index (χ4n) is 1.44. The van der Waals surface area contributed by atoms with Crippen LogP contribution in [0.1, 0.15) is 30.9 Å². The second kappa shape index (κ2) is 4.74. The quantitative estimate of drug-likeness (QED) is 0.768. The van der Waals surface area contributed by atoms with Gasteiger partial charge in [0.15, 0.2) is 0 Å². The summed E-state index contributed by atoms with van der Waals surface area (Å²) in [6.45, 7) is 0.791. The van der Waals surface area contributed by atoms with E-state index in [1.54, 1.807) is 6.07 Å². The van der Waals surface area contributed by atoms with E-state index in [4.69, 9.17) is 5.26 Å². The van der Waals surface area contributed by atoms with Gasteiger partial charge in [0.1, 0.15) is 5.75 Å². The number of ether oxygens (including phenoxy) is 1. The maximum absolute atomic E-state index is 12.1. The van der Waals surface area contributed by atoms with Crippen molar-refractivity contribution < 1.29 is 13.5 Å². The van der Waals surface area contributed by atoms with Gasteiger partial charge in [-0.05, 0) is 18.1 Å². The molecule has 0 unspecified atom stereocenters. The van der Waals surface area contributed by atoms with E-state index in [-0.39, 0.29) is 11.7 Å². The monoisotopic (exact) mass is 211 g/mol. The van der Waals surface area contributed by atoms with Gasteiger partial charge in [-0.2, -0.15) is 14.0 Å². The van der Waals surface area contributed by atoms with E-state index < -0.39 is 6.61 Å². The van der Waals surface area contributed by atoms with Gasteiger partial charge < -0.3 is 4.74 Å². The normalized spacial score (nSPS) is 10.5. The third-order valence-corrected chi connectivity index (χ3v) is 1.98. The molecule has 1 aromatic rings. The highest BCUT2D eigenvalue weighted by Gasteiger charge is 2.15. The number of rotatable bonds is 3. The van der Waals surface area contributed by atoms with Gasteiger partial charge in [0.05, 0.1) is 11.6 Å². The summed E-state index contributed by atoms with van der Waals surface area (Å²) in [6.07, 6.45) is 0. The van der Waals surface area contributed by atoms with Gasteiger partial charge >= 0.3 is 6.61 Å². The summed E-state index contributed by atoms with van der Waals surface area (Å²) in [5.41, 5.74) is 0.906. The molecule has 0 saturated heterocycles. The molecule has 0 amide bonds. The Morgan fingerprint density at radius 1 is 1.33 bits per heavy atom. The van der Waals surface area contributed by atoms with Gasteiger partial charge in [0.25, 0.3) is 0 Å². The zero-order valence-electron chi connectivity index (χ0n) is 8.50. The molecule has 15 heavy (non-hydrogen) atoms. The predicted octanol–water partition coefficient (Wildman–Crippen LogP) is 3.28. The summed E-state index contributed by atoms with van der Waals surface area (Å²) >= 11 is 0. The van der Waals surface area contributed by atoms with Crippen molar-refractivity contribution in [1.82, 2.24) is 0 Å². The van der Waals surface area contributed by atoms with Crippen LogP contribution in [0.25, 0.3) is 0 Å². The van der Waals surface area contributed by atoms with E-state index in [0.717, 1.165) is 0 Å². The lowest BCUT2D eigenvalue weighted by Gasteiger charge is -2.14. The summed E-state index contributed by atoms with van der Waals surface area (Å²) in [5.74, 6) is 0.0497. The standard InChI is InChI=1S/C11H11F2NO/c1-7(2)10-8(6-14)4-3-5-9(10)15-11(12)13/h3-5,7,11H,1-2H3. The van der Waals surface area contributed by atoms with Crippen molar-refractivity contribution in [1.29, 1.82) is 5.26 Å². The molecule has 4 heteroatoms. The Hall–Kier alpha value is -1.63. The van der Waals surface area contributed by atoms with Crippen LogP contribution in [0.5, 0.6) is 5.75 Å². The maximum atomic E-state index is 12.1. The largest absolute Gasteiger partial charge is 0.434 e. The SMILES string of the molecule is CC(C)c1c(C#N)cccc1OC(F)F. The van der Waals surface area contributed by atoms with E-state index in [1.807, 2.05) is 19.9 Å². The van der Waals surface area contributed by atoms with Crippen LogP contribution in [0.3, 0.4) is 0 Å². The van der Waals surface area contributed by atoms with Gasteiger partial charge in [-0.1, -0.05) is 19.9 Å². The molecular weight excluding hydrogens is 200 g/mol. The molecule has 0 atom stereocenters. The predicted molar refractivity (Wildman–Crippen MR) is 51.9 cm³/mol. The number of nitriles is 1. The summed E-state index contributed by atoms with van der Waals surface area (Å²) < 4.78 is 28.6. The third-order valence-electron chi connectivity index (χ3n) is 1.98. The Kier molecular flexibility index (Phi) is 3.62. The summed E-state index contributed by atoms with van der Waals surface area (Å²) in [4.78, 5) is 0. The minimum Gasteiger partial charge on any atom is -0.434 e. The second-order valence-corrected chi connectivity index (χ2v) is 3.36. The molecule has 0 aliphatic carbocycles. The fraction of sp³-hybridized carbons (Fsp3) is 0.364. The highest BCUT2D eigenvalue weighted by atomic mass is 19.3. The van der Waals surface area contributed by atoms with Crippen molar-refractivity contribution in [3.05, 3.63) is 29.3 Å². The number of alkyl halides is 2. The first-order valence-corrected chi connectivity index (χ1v) is 4.54. The van der Waals surface area contributed by atoms with Gasteiger partial charge in [-0.15, -0.1) is 0 Å². The van der Waals surface area contributed by atoms with Crippen molar-refractivity contribution in [2.45, 2.75) is 26.4 Å². The lowest BCUT2D eigenvalue weighted by molar-refractivity contribution is -0.0505. The zero-order valence-corrected chi connectivity index (χ0v) is 8.50. The van der Waals surface area contributed by atoms with Gasteiger partial charge in [-0.25, -0.2) is 0 Å². The molecule has 0 saturated carbocycles. The van der Waals surface area contributed by atoms with Crippen LogP contribution >= 0.6 is 0 Å². The molecule has 0 aliphatic heterocycles. The molecule has 0 heterocycles. The van der Waals surface area contributed by atoms with E-state index >= 15 is 0 Å². The molecule has 0 N–H and O–H groups in total. The minimum atomic E-state index is -2.86. The second-order valence-electron chi connectivity index (χ2n) is 3.36. The van der Waals surface area contributed by atoms with Crippen LogP contribution in [0.15, 0.2) is 18.2 Å². The van der Waals surface area contributed by atoms with E-state index in [1.165, 1.54) is 12.1 Å². The van der Waals surface area contributed by atoms with Crippen molar-refractivity contribution in [2.24, 2.45) is 0 Å². The molecule has 0 bridgehead atoms. The molecule has 1 rings (SSSR count). The minimum absolute atomic E-state index is 0.0328. The topological polar surface area (TPSA) is 33.0 Å². The molecule has 0 fully saturated rings. The molecule has 0 spiro atoms. The Morgan fingerprint density at radius 3 is 2.47 bits per heavy atom. The molecule has 0 radical (unpaired) electrons. The van der Waals surface area contributed by atoms with Crippen LogP contribution < -0.4 is 4.74 Å². The van der Waals surface area contributed by atoms with Crippen LogP contribution in [-0.4, -0.2) is 6.61 Å². The Morgan fingerprint density at radius 2 is 2.00 bits per heavy atom. The highest BCUT2D eigenvalue weighted by molar-refractivity contribution is 5.48. The average molecular weight is 211 g/mol. The fourth-order valence-corrected chi connectivity index (χ4v) is 1.44. The number of halogens is 2. The smallest absolute Gasteiger partial charge is 0.387 e. The maximum Gasteiger partial charge on any atom is 0.387 e. The Bertz CT molecular complexity index is 383. The molecule has 0 aliphatic rings. The first-order chi connectivity index (χ1) is 7.06. The van der Waals surface area contributed by atoms with Crippen molar-refractivity contribution in [3.63, 3.8) is 0 Å². The van der Waals surface area contributed by atoms with E-state index in [0.29, 0.717) is 11.1 Å². The highest BCUT2D eigenvalue weighted by Crippen LogP contribution is 2.30. The summed E-state index contributed by atoms with van der Waals surface area (Å²) in [7, 11) is 0. The Balaban J connectivity index is 3.21. The molecular formula is C11H11F2NO. The van der Waals surface area contributed by atoms with Crippen LogP contribution in [0.2, 0.25) is 0 Å². The summed E-state index contributed by atoms with van der Waals surface area (Å²) in [6, 6.07) is 6.53. The molecule has 2 nitrogen and oxygen atoms in total. The summed E-state index contributed by atoms with van der Waals surface area (Å²) in [5, 5.41) is 8.83. The number of hydrogen-bond donors (Lipinski definition) is 0. The van der Waals surface area contributed by atoms with E-state index in [2.05, 4.69) is 4.74 Å². The molecule has 1 aromatic carbocycles.